The number of esters is 1. The first-order valence-corrected chi connectivity index (χ1v) is 33.7. The molecule has 7 heterocycles. The zero-order chi connectivity index (χ0) is 70.2. The van der Waals surface area contributed by atoms with Gasteiger partial charge in [-0.05, 0) is 106 Å². The van der Waals surface area contributed by atoms with Crippen molar-refractivity contribution in [2.24, 2.45) is 20.0 Å². The zero-order valence-corrected chi connectivity index (χ0v) is 58.2. The number of piperidine rings is 1. The Morgan fingerprint density at radius 3 is 1.39 bits per heavy atom. The van der Waals surface area contributed by atoms with Crippen LogP contribution in [0, 0.1) is 5.92 Å². The minimum absolute atomic E-state index is 0.0410. The van der Waals surface area contributed by atoms with Crippen LogP contribution in [0.1, 0.15) is 45.4 Å². The normalized spacial score (nSPS) is 12.8. The number of methoxy groups -OCH3 is 5. The van der Waals surface area contributed by atoms with Crippen molar-refractivity contribution in [3.8, 4) is 68.3 Å². The monoisotopic (exact) mass is 1360 g/mol. The average molecular weight is 1370 g/mol. The highest BCUT2D eigenvalue weighted by atomic mass is 16.5. The van der Waals surface area contributed by atoms with E-state index < -0.39 is 0 Å². The summed E-state index contributed by atoms with van der Waals surface area (Å²) in [7, 11) is 12.0. The third-order valence-corrected chi connectivity index (χ3v) is 17.4. The van der Waals surface area contributed by atoms with Gasteiger partial charge in [0.2, 0.25) is 0 Å². The Balaban J connectivity index is 0.000000143. The van der Waals surface area contributed by atoms with Crippen molar-refractivity contribution in [2.75, 3.05) is 109 Å². The van der Waals surface area contributed by atoms with Crippen molar-refractivity contribution in [3.05, 3.63) is 165 Å². The number of likely N-dealkylation sites (tertiary alicyclic amines) is 1. The molecule has 6 aromatic heterocycles. The van der Waals surface area contributed by atoms with Gasteiger partial charge in [0, 0.05) is 164 Å². The Bertz CT molecular complexity index is 4710. The fraction of sp³-hybridized carbons (Fsp3) is 0.316. The van der Waals surface area contributed by atoms with Crippen LogP contribution in [0.5, 0.6) is 34.5 Å². The van der Waals surface area contributed by atoms with Gasteiger partial charge in [-0.15, -0.1) is 0 Å². The third-order valence-electron chi connectivity index (χ3n) is 17.4. The number of aromatic amines is 1. The maximum atomic E-state index is 12.1. The number of aliphatic hydroxyl groups is 1. The first-order valence-electron chi connectivity index (χ1n) is 33.7. The quantitative estimate of drug-likeness (QED) is 0.0478. The second-order valence-electron chi connectivity index (χ2n) is 24.5. The van der Waals surface area contributed by atoms with Crippen LogP contribution in [0.25, 0.3) is 66.9 Å². The van der Waals surface area contributed by atoms with Gasteiger partial charge in [0.05, 0.1) is 143 Å². The van der Waals surface area contributed by atoms with Crippen molar-refractivity contribution >= 4 is 73.2 Å². The van der Waals surface area contributed by atoms with E-state index in [0.717, 1.165) is 145 Å². The first-order chi connectivity index (χ1) is 49.4. The van der Waals surface area contributed by atoms with E-state index >= 15 is 0 Å². The number of carbonyl (C=O) groups is 1. The summed E-state index contributed by atoms with van der Waals surface area (Å²) >= 11 is 0. The molecule has 1 saturated carbocycles. The van der Waals surface area contributed by atoms with Crippen LogP contribution in [0.3, 0.4) is 0 Å². The minimum Gasteiger partial charge on any atom is -0.497 e. The fourth-order valence-corrected chi connectivity index (χ4v) is 12.0. The summed E-state index contributed by atoms with van der Waals surface area (Å²) in [6, 6.07) is 35.7. The molecule has 0 atom stereocenters. The molecule has 25 heteroatoms. The molecule has 25 nitrogen and oxygen atoms in total. The minimum atomic E-state index is -0.262. The molecule has 101 heavy (non-hydrogen) atoms. The number of carbonyl (C=O) groups excluding carboxylic acids is 1. The van der Waals surface area contributed by atoms with Gasteiger partial charge < -0.3 is 57.9 Å². The predicted molar refractivity (Wildman–Crippen MR) is 391 cm³/mol. The number of nitrogens with one attached hydrogen (secondary N) is 1. The summed E-state index contributed by atoms with van der Waals surface area (Å²) in [4.78, 5) is 49.6. The summed E-state index contributed by atoms with van der Waals surface area (Å²) in [6.07, 6.45) is 22.8. The summed E-state index contributed by atoms with van der Waals surface area (Å²) in [5.74, 6) is 4.59. The predicted octanol–water partition coefficient (Wildman–Crippen LogP) is 12.8. The van der Waals surface area contributed by atoms with E-state index in [1.807, 2.05) is 111 Å². The Morgan fingerprint density at radius 2 is 0.960 bits per heavy atom. The van der Waals surface area contributed by atoms with Crippen LogP contribution in [-0.2, 0) is 23.6 Å². The fourth-order valence-electron chi connectivity index (χ4n) is 12.0. The maximum absolute atomic E-state index is 12.1. The molecule has 2 N–H and O–H groups in total. The molecule has 0 radical (unpaired) electrons. The number of hydrogen-bond acceptors (Lipinski definition) is 22. The highest BCUT2D eigenvalue weighted by Crippen LogP contribution is 2.41. The van der Waals surface area contributed by atoms with E-state index in [9.17, 15) is 4.79 Å². The molecule has 0 spiro atoms. The summed E-state index contributed by atoms with van der Waals surface area (Å²) in [6.45, 7) is 7.77. The number of benzene rings is 6. The molecule has 2 aliphatic rings. The number of aryl methyl sites for hydroxylation is 2. The molecule has 12 aromatic rings. The molecule has 0 unspecified atom stereocenters. The van der Waals surface area contributed by atoms with Crippen LogP contribution in [-0.4, -0.2) is 170 Å². The van der Waals surface area contributed by atoms with E-state index in [2.05, 4.69) is 86.4 Å². The number of ether oxygens (including phenoxy) is 7. The van der Waals surface area contributed by atoms with Gasteiger partial charge in [-0.1, -0.05) is 6.42 Å². The number of hydrogen-bond donors (Lipinski definition) is 2. The number of aliphatic hydroxyl groups excluding tert-OH is 1. The lowest BCUT2D eigenvalue weighted by molar-refractivity contribution is -0.142. The van der Waals surface area contributed by atoms with Crippen molar-refractivity contribution in [2.45, 2.75) is 45.4 Å². The number of rotatable bonds is 26. The third kappa shape index (κ3) is 17.7. The van der Waals surface area contributed by atoms with Crippen LogP contribution >= 0.6 is 0 Å². The molecular weight excluding hydrogens is 1280 g/mol. The van der Waals surface area contributed by atoms with Gasteiger partial charge in [0.1, 0.15) is 41.1 Å². The van der Waals surface area contributed by atoms with E-state index in [4.69, 9.17) is 53.2 Å². The lowest BCUT2D eigenvalue weighted by Crippen LogP contribution is -2.36. The van der Waals surface area contributed by atoms with Gasteiger partial charge in [0.15, 0.2) is 0 Å². The second kappa shape index (κ2) is 32.9. The highest BCUT2D eigenvalue weighted by molar-refractivity contribution is 5.86. The SMILES string of the molecule is CCOC(=O)CCN(c1cc(OC)cc(OC)c1)c1ccc2ncc(-c3cnn(C)c3)nc2c1.COc1cc(OC)cc(N(CCN2CCCCC2)c2ccc3ncc(-c4cnn(C)c4)nc3c2)c1.COc1cc(OCCO)cc(N(CC2CC2)c2ccc3ncc(-c4cn[nH]c4)nc3c2)c1. The van der Waals surface area contributed by atoms with Crippen molar-refractivity contribution in [1.29, 1.82) is 0 Å². The molecule has 0 amide bonds. The van der Waals surface area contributed by atoms with Crippen molar-refractivity contribution in [1.82, 2.24) is 64.6 Å². The Morgan fingerprint density at radius 1 is 0.515 bits per heavy atom. The standard InChI is InChI=1S/C27H32N6O2.C25H27N5O4.C24H25N5O3/c1-31-19-20(17-29-31)27-18-28-25-8-7-21(15-26(25)30-27)33(12-11-32-9-5-4-6-10-32)22-13-23(34-2)16-24(14-22)35-3;1-5-34-25(31)8-9-30(19-10-20(32-3)13-21(11-19)33-4)18-6-7-22-23(12-18)28-24(15-26-22)17-14-27-29(2)16-17;1-31-20-8-19(9-21(11-20)32-7-6-30)29(15-16-2-3-16)18-4-5-22-23(10-18)28-24(14-25-22)17-12-26-27-13-17/h7-8,13-19H,4-6,9-12H2,1-3H3;6-7,10-16H,5,8-9H2,1-4H3;4-5,8-14,16,30H,2-3,6-7,15H2,1H3,(H,26,27). The highest BCUT2D eigenvalue weighted by Gasteiger charge is 2.27. The number of H-pyrrole nitrogens is 1. The number of nitrogens with zero attached hydrogens (tertiary/aromatic N) is 15. The molecular formula is C76H84N16O9. The first kappa shape index (κ1) is 69.5. The Hall–Kier alpha value is -11.4. The van der Waals surface area contributed by atoms with Gasteiger partial charge in [-0.2, -0.15) is 15.3 Å². The van der Waals surface area contributed by atoms with E-state index in [1.54, 1.807) is 88.9 Å². The molecule has 2 fully saturated rings. The van der Waals surface area contributed by atoms with E-state index in [1.165, 1.54) is 32.1 Å². The lowest BCUT2D eigenvalue weighted by atomic mass is 10.1. The van der Waals surface area contributed by atoms with Crippen LogP contribution in [0.2, 0.25) is 0 Å². The maximum Gasteiger partial charge on any atom is 0.307 e. The molecule has 1 saturated heterocycles. The zero-order valence-electron chi connectivity index (χ0n) is 58.2. The van der Waals surface area contributed by atoms with Crippen LogP contribution < -0.4 is 43.1 Å². The largest absolute Gasteiger partial charge is 0.497 e. The molecule has 14 rings (SSSR count). The van der Waals surface area contributed by atoms with Gasteiger partial charge in [-0.3, -0.25) is 34.2 Å². The number of fused-ring (bicyclic) bond motifs is 3. The molecule has 522 valence electrons. The second-order valence-corrected chi connectivity index (χ2v) is 24.5. The summed E-state index contributed by atoms with van der Waals surface area (Å²) in [5, 5.41) is 24.5. The van der Waals surface area contributed by atoms with E-state index in [0.29, 0.717) is 42.1 Å². The average Bonchev–Trinajstić information content (AvgIpc) is 1.40. The molecule has 1 aliphatic heterocycles. The van der Waals surface area contributed by atoms with Crippen molar-refractivity contribution < 1.29 is 43.1 Å². The molecule has 0 bridgehead atoms. The van der Waals surface area contributed by atoms with Gasteiger partial charge >= 0.3 is 5.97 Å². The molecule has 6 aromatic carbocycles. The number of aromatic nitrogens is 12. The number of anilines is 6. The topological polar surface area (TPSA) is 257 Å². The Kier molecular flexibility index (Phi) is 22.7. The van der Waals surface area contributed by atoms with Crippen LogP contribution in [0.4, 0.5) is 34.1 Å². The van der Waals surface area contributed by atoms with Gasteiger partial charge in [-0.25, -0.2) is 15.0 Å². The van der Waals surface area contributed by atoms with Crippen LogP contribution in [0.15, 0.2) is 165 Å². The van der Waals surface area contributed by atoms with Gasteiger partial charge in [0.25, 0.3) is 0 Å². The van der Waals surface area contributed by atoms with E-state index in [-0.39, 0.29) is 25.6 Å². The lowest BCUT2D eigenvalue weighted by Gasteiger charge is -2.31. The summed E-state index contributed by atoms with van der Waals surface area (Å²) in [5.41, 5.74) is 15.7. The summed E-state index contributed by atoms with van der Waals surface area (Å²) < 4.78 is 41.9. The van der Waals surface area contributed by atoms with Crippen molar-refractivity contribution in [3.63, 3.8) is 0 Å². The molecule has 1 aliphatic carbocycles. The smallest absolute Gasteiger partial charge is 0.307 e. The Labute approximate surface area is 586 Å².